The van der Waals surface area contributed by atoms with Gasteiger partial charge in [-0.05, 0) is 19.3 Å². The third-order valence-corrected chi connectivity index (χ3v) is 3.47. The second-order valence-corrected chi connectivity index (χ2v) is 5.85. The molecule has 4 nitrogen and oxygen atoms in total. The Bertz CT molecular complexity index is 209. The summed E-state index contributed by atoms with van der Waals surface area (Å²) in [6.07, 6.45) is 10.5. The normalized spacial score (nSPS) is 10.7. The van der Waals surface area contributed by atoms with Gasteiger partial charge in [0.15, 0.2) is 0 Å². The topological polar surface area (TPSA) is 66.6 Å². The number of carboxylic acid groups (broad SMARTS) is 1. The second kappa shape index (κ2) is 13.2. The van der Waals surface area contributed by atoms with Crippen LogP contribution in [0.4, 0.5) is 4.79 Å². The zero-order valence-electron chi connectivity index (χ0n) is 14.2. The molecule has 1 amide bonds. The van der Waals surface area contributed by atoms with Gasteiger partial charge in [-0.2, -0.15) is 0 Å². The minimum Gasteiger partial charge on any atom is -0.465 e. The van der Waals surface area contributed by atoms with Gasteiger partial charge in [0.05, 0.1) is 0 Å². The van der Waals surface area contributed by atoms with Gasteiger partial charge >= 0.3 is 6.09 Å². The summed E-state index contributed by atoms with van der Waals surface area (Å²) in [7, 11) is 2.95. The number of hydrogen-bond acceptors (Lipinski definition) is 2. The lowest BCUT2D eigenvalue weighted by Crippen LogP contribution is -2.39. The van der Waals surface area contributed by atoms with Gasteiger partial charge in [-0.3, -0.25) is 0 Å². The molecular weight excluding hydrogens is 252 g/mol. The van der Waals surface area contributed by atoms with Crippen LogP contribution in [0, 0.1) is 0 Å². The standard InChI is InChI=1S/C13H29N.C3H7NO2/c1-4-7-10-13(14,11-8-5-2)12-9-6-3;1-4(2)3(5)6/h4-12,14H2,1-3H3;1-2H3,(H,5,6). The Balaban J connectivity index is 0. The summed E-state index contributed by atoms with van der Waals surface area (Å²) in [6, 6.07) is 0. The van der Waals surface area contributed by atoms with E-state index in [9.17, 15) is 4.79 Å². The van der Waals surface area contributed by atoms with E-state index in [1.165, 1.54) is 71.9 Å². The van der Waals surface area contributed by atoms with Crippen molar-refractivity contribution >= 4 is 6.09 Å². The van der Waals surface area contributed by atoms with E-state index >= 15 is 0 Å². The molecule has 0 aromatic rings. The highest BCUT2D eigenvalue weighted by atomic mass is 16.4. The van der Waals surface area contributed by atoms with Crippen LogP contribution in [0.15, 0.2) is 0 Å². The van der Waals surface area contributed by atoms with Crippen LogP contribution in [0.3, 0.4) is 0 Å². The van der Waals surface area contributed by atoms with Crippen LogP contribution in [0.1, 0.15) is 78.6 Å². The first-order valence-electron chi connectivity index (χ1n) is 8.02. The molecule has 0 unspecified atom stereocenters. The minimum atomic E-state index is -0.907. The van der Waals surface area contributed by atoms with Gasteiger partial charge in [-0.1, -0.05) is 59.3 Å². The molecule has 0 atom stereocenters. The van der Waals surface area contributed by atoms with Crippen LogP contribution in [0.2, 0.25) is 0 Å². The number of carbonyl (C=O) groups is 1. The molecule has 0 saturated heterocycles. The lowest BCUT2D eigenvalue weighted by molar-refractivity contribution is 0.165. The molecule has 0 heterocycles. The van der Waals surface area contributed by atoms with E-state index in [1.807, 2.05) is 0 Å². The quantitative estimate of drug-likeness (QED) is 0.657. The van der Waals surface area contributed by atoms with E-state index in [4.69, 9.17) is 10.8 Å². The average Bonchev–Trinajstić information content (AvgIpc) is 2.41. The van der Waals surface area contributed by atoms with E-state index in [-0.39, 0.29) is 5.54 Å². The Morgan fingerprint density at radius 2 is 1.20 bits per heavy atom. The van der Waals surface area contributed by atoms with Crippen LogP contribution in [0.25, 0.3) is 0 Å². The number of nitrogens with zero attached hydrogens (tertiary/aromatic N) is 1. The highest BCUT2D eigenvalue weighted by molar-refractivity contribution is 5.63. The second-order valence-electron chi connectivity index (χ2n) is 5.85. The molecule has 0 bridgehead atoms. The summed E-state index contributed by atoms with van der Waals surface area (Å²) in [5.74, 6) is 0. The average molecular weight is 288 g/mol. The molecule has 0 aromatic carbocycles. The molecule has 0 rings (SSSR count). The Morgan fingerprint density at radius 1 is 0.950 bits per heavy atom. The predicted molar refractivity (Wildman–Crippen MR) is 87.2 cm³/mol. The fourth-order valence-electron chi connectivity index (χ4n) is 1.96. The van der Waals surface area contributed by atoms with Crippen LogP contribution < -0.4 is 5.73 Å². The lowest BCUT2D eigenvalue weighted by atomic mass is 9.84. The smallest absolute Gasteiger partial charge is 0.406 e. The van der Waals surface area contributed by atoms with E-state index < -0.39 is 6.09 Å². The Morgan fingerprint density at radius 3 is 1.35 bits per heavy atom. The number of hydrogen-bond donors (Lipinski definition) is 2. The summed E-state index contributed by atoms with van der Waals surface area (Å²) >= 11 is 0. The zero-order valence-corrected chi connectivity index (χ0v) is 14.2. The maximum absolute atomic E-state index is 9.62. The summed E-state index contributed by atoms with van der Waals surface area (Å²) < 4.78 is 0. The molecule has 20 heavy (non-hydrogen) atoms. The first-order chi connectivity index (χ1) is 9.32. The van der Waals surface area contributed by atoms with Gasteiger partial charge in [0, 0.05) is 19.6 Å². The maximum Gasteiger partial charge on any atom is 0.406 e. The molecule has 0 radical (unpaired) electrons. The summed E-state index contributed by atoms with van der Waals surface area (Å²) in [5.41, 5.74) is 6.61. The number of rotatable bonds is 9. The van der Waals surface area contributed by atoms with E-state index in [0.717, 1.165) is 4.90 Å². The van der Waals surface area contributed by atoms with Crippen molar-refractivity contribution in [2.75, 3.05) is 14.1 Å². The molecular formula is C16H36N2O2. The zero-order chi connectivity index (χ0) is 16.0. The van der Waals surface area contributed by atoms with Crippen LogP contribution in [0.5, 0.6) is 0 Å². The highest BCUT2D eigenvalue weighted by Gasteiger charge is 2.22. The van der Waals surface area contributed by atoms with Gasteiger partial charge in [0.1, 0.15) is 0 Å². The maximum atomic E-state index is 9.62. The largest absolute Gasteiger partial charge is 0.465 e. The van der Waals surface area contributed by atoms with Gasteiger partial charge < -0.3 is 15.7 Å². The van der Waals surface area contributed by atoms with Gasteiger partial charge in [-0.25, -0.2) is 4.79 Å². The van der Waals surface area contributed by atoms with Gasteiger partial charge in [0.25, 0.3) is 0 Å². The fraction of sp³-hybridized carbons (Fsp3) is 0.938. The summed E-state index contributed by atoms with van der Waals surface area (Å²) in [4.78, 5) is 10.7. The molecule has 0 spiro atoms. The molecule has 0 aliphatic carbocycles. The monoisotopic (exact) mass is 288 g/mol. The van der Waals surface area contributed by atoms with Gasteiger partial charge in [-0.15, -0.1) is 0 Å². The number of unbranched alkanes of at least 4 members (excludes halogenated alkanes) is 3. The molecule has 122 valence electrons. The Hall–Kier alpha value is -0.770. The first-order valence-corrected chi connectivity index (χ1v) is 8.02. The predicted octanol–water partition coefficient (Wildman–Crippen LogP) is 4.48. The first kappa shape index (κ1) is 21.5. The molecule has 4 heteroatoms. The fourth-order valence-corrected chi connectivity index (χ4v) is 1.96. The van der Waals surface area contributed by atoms with E-state index in [2.05, 4.69) is 20.8 Å². The SMILES string of the molecule is CCCCC(N)(CCCC)CCCC.CN(C)C(=O)O. The third kappa shape index (κ3) is 13.7. The number of nitrogens with two attached hydrogens (primary N) is 1. The van der Waals surface area contributed by atoms with Crippen LogP contribution >= 0.6 is 0 Å². The molecule has 3 N–H and O–H groups in total. The van der Waals surface area contributed by atoms with Crippen molar-refractivity contribution < 1.29 is 9.90 Å². The molecule has 0 saturated carbocycles. The van der Waals surface area contributed by atoms with E-state index in [1.54, 1.807) is 0 Å². The summed E-state index contributed by atoms with van der Waals surface area (Å²) in [5, 5.41) is 7.92. The van der Waals surface area contributed by atoms with Crippen molar-refractivity contribution in [3.8, 4) is 0 Å². The van der Waals surface area contributed by atoms with E-state index in [0.29, 0.717) is 0 Å². The van der Waals surface area contributed by atoms with Crippen LogP contribution in [-0.4, -0.2) is 35.7 Å². The highest BCUT2D eigenvalue weighted by Crippen LogP contribution is 2.24. The summed E-state index contributed by atoms with van der Waals surface area (Å²) in [6.45, 7) is 6.75. The van der Waals surface area contributed by atoms with Crippen molar-refractivity contribution in [3.63, 3.8) is 0 Å². The molecule has 0 fully saturated rings. The number of amides is 1. The third-order valence-electron chi connectivity index (χ3n) is 3.47. The van der Waals surface area contributed by atoms with Crippen molar-refractivity contribution in [2.45, 2.75) is 84.1 Å². The van der Waals surface area contributed by atoms with Crippen molar-refractivity contribution in [2.24, 2.45) is 5.73 Å². The molecule has 0 aromatic heterocycles. The van der Waals surface area contributed by atoms with Crippen LogP contribution in [-0.2, 0) is 0 Å². The van der Waals surface area contributed by atoms with Crippen molar-refractivity contribution in [1.82, 2.24) is 4.90 Å². The van der Waals surface area contributed by atoms with Gasteiger partial charge in [0.2, 0.25) is 0 Å². The molecule has 0 aliphatic rings. The minimum absolute atomic E-state index is 0.155. The molecule has 0 aliphatic heterocycles. The van der Waals surface area contributed by atoms with Crippen molar-refractivity contribution in [1.29, 1.82) is 0 Å². The lowest BCUT2D eigenvalue weighted by Gasteiger charge is -2.29. The Labute approximate surface area is 125 Å². The van der Waals surface area contributed by atoms with Crippen molar-refractivity contribution in [3.05, 3.63) is 0 Å². The Kier molecular flexibility index (Phi) is 14.2.